The summed E-state index contributed by atoms with van der Waals surface area (Å²) in [6.07, 6.45) is 5.27. The molecule has 0 bridgehead atoms. The van der Waals surface area contributed by atoms with Gasteiger partial charge in [0, 0.05) is 27.0 Å². The second kappa shape index (κ2) is 9.14. The molecule has 2 amide bonds. The number of nitrogens with one attached hydrogen (secondary N) is 2. The van der Waals surface area contributed by atoms with Gasteiger partial charge in [-0.2, -0.15) is 5.10 Å². The van der Waals surface area contributed by atoms with Crippen LogP contribution in [0.5, 0.6) is 0 Å². The van der Waals surface area contributed by atoms with Crippen LogP contribution < -0.4 is 15.5 Å². The van der Waals surface area contributed by atoms with Crippen molar-refractivity contribution >= 4 is 63.1 Å². The molecule has 1 atom stereocenters. The molecule has 2 aromatic carbocycles. The highest BCUT2D eigenvalue weighted by Gasteiger charge is 2.29. The van der Waals surface area contributed by atoms with Gasteiger partial charge >= 0.3 is 6.03 Å². The van der Waals surface area contributed by atoms with Gasteiger partial charge in [0.15, 0.2) is 5.65 Å². The Kier molecular flexibility index (Phi) is 6.07. The third kappa shape index (κ3) is 4.60. The van der Waals surface area contributed by atoms with E-state index in [-0.39, 0.29) is 11.9 Å². The molecule has 0 spiro atoms. The highest BCUT2D eigenvalue weighted by Crippen LogP contribution is 2.37. The number of nitrogens with zero attached hydrogens (tertiary/aromatic N) is 4. The average Bonchev–Trinajstić information content (AvgIpc) is 3.44. The molecule has 2 N–H and O–H groups in total. The number of hydrogen-bond donors (Lipinski definition) is 2. The summed E-state index contributed by atoms with van der Waals surface area (Å²) in [6.45, 7) is 0.814. The van der Waals surface area contributed by atoms with Crippen LogP contribution in [0, 0.1) is 9.39 Å². The molecule has 4 aromatic rings. The van der Waals surface area contributed by atoms with Gasteiger partial charge in [0.2, 0.25) is 0 Å². The van der Waals surface area contributed by atoms with E-state index in [0.717, 1.165) is 34.3 Å². The Morgan fingerprint density at radius 2 is 1.97 bits per heavy atom. The van der Waals surface area contributed by atoms with Crippen molar-refractivity contribution in [3.63, 3.8) is 0 Å². The maximum absolute atomic E-state index is 13.9. The second-order valence-electron chi connectivity index (χ2n) is 7.72. The summed E-state index contributed by atoms with van der Waals surface area (Å²) in [7, 11) is 0. The zero-order chi connectivity index (χ0) is 22.9. The van der Waals surface area contributed by atoms with Crippen molar-refractivity contribution < 1.29 is 9.18 Å². The molecule has 10 heteroatoms. The van der Waals surface area contributed by atoms with Crippen LogP contribution in [-0.4, -0.2) is 27.2 Å². The topological polar surface area (TPSA) is 74.6 Å². The Hall–Kier alpha value is -2.92. The van der Waals surface area contributed by atoms with Crippen molar-refractivity contribution in [2.45, 2.75) is 18.9 Å². The number of fused-ring (bicyclic) bond motifs is 1. The zero-order valence-corrected chi connectivity index (χ0v) is 20.2. The Bertz CT molecular complexity index is 1330. The summed E-state index contributed by atoms with van der Waals surface area (Å²) >= 11 is 8.14. The van der Waals surface area contributed by atoms with E-state index < -0.39 is 6.03 Å². The van der Waals surface area contributed by atoms with Gasteiger partial charge < -0.3 is 15.5 Å². The lowest BCUT2D eigenvalue weighted by molar-refractivity contribution is 0.262. The van der Waals surface area contributed by atoms with Crippen molar-refractivity contribution in [3.05, 3.63) is 80.9 Å². The van der Waals surface area contributed by atoms with Gasteiger partial charge in [-0.1, -0.05) is 11.6 Å². The molecule has 5 rings (SSSR count). The molecule has 1 aliphatic rings. The minimum Gasteiger partial charge on any atom is -0.349 e. The number of carbonyl (C=O) groups is 1. The van der Waals surface area contributed by atoms with E-state index in [4.69, 9.17) is 16.6 Å². The Balaban J connectivity index is 1.40. The fourth-order valence-corrected chi connectivity index (χ4v) is 4.88. The van der Waals surface area contributed by atoms with Crippen molar-refractivity contribution in [1.29, 1.82) is 0 Å². The van der Waals surface area contributed by atoms with Crippen LogP contribution >= 0.6 is 34.2 Å². The molecule has 33 heavy (non-hydrogen) atoms. The summed E-state index contributed by atoms with van der Waals surface area (Å²) in [5.74, 6) is 0.515. The van der Waals surface area contributed by atoms with Crippen LogP contribution in [-0.2, 0) is 0 Å². The van der Waals surface area contributed by atoms with E-state index in [1.807, 2.05) is 12.3 Å². The van der Waals surface area contributed by atoms with Crippen molar-refractivity contribution in [2.75, 3.05) is 22.1 Å². The maximum atomic E-state index is 13.9. The fourth-order valence-electron chi connectivity index (χ4n) is 4.06. The number of urea groups is 1. The zero-order valence-electron chi connectivity index (χ0n) is 17.3. The molecule has 168 valence electrons. The van der Waals surface area contributed by atoms with Crippen LogP contribution in [0.2, 0.25) is 5.02 Å². The third-order valence-corrected chi connectivity index (χ3v) is 6.80. The van der Waals surface area contributed by atoms with Crippen molar-refractivity contribution in [1.82, 2.24) is 14.6 Å². The van der Waals surface area contributed by atoms with Crippen molar-refractivity contribution in [2.24, 2.45) is 0 Å². The van der Waals surface area contributed by atoms with E-state index >= 15 is 0 Å². The smallest absolute Gasteiger partial charge is 0.323 e. The highest BCUT2D eigenvalue weighted by atomic mass is 127. The largest absolute Gasteiger partial charge is 0.349 e. The Morgan fingerprint density at radius 1 is 1.15 bits per heavy atom. The van der Waals surface area contributed by atoms with Crippen LogP contribution in [0.3, 0.4) is 0 Å². The summed E-state index contributed by atoms with van der Waals surface area (Å²) in [5, 5.41) is 10.4. The number of carbonyl (C=O) groups excluding carboxylic acids is 1. The first-order valence-electron chi connectivity index (χ1n) is 10.4. The van der Waals surface area contributed by atoms with E-state index in [0.29, 0.717) is 22.0 Å². The van der Waals surface area contributed by atoms with Crippen LogP contribution in [0.1, 0.15) is 24.4 Å². The molecule has 0 aliphatic carbocycles. The fraction of sp³-hybridized carbons (Fsp3) is 0.174. The number of amides is 2. The maximum Gasteiger partial charge on any atom is 0.323 e. The van der Waals surface area contributed by atoms with Gasteiger partial charge in [0.1, 0.15) is 17.3 Å². The average molecular weight is 577 g/mol. The predicted molar refractivity (Wildman–Crippen MR) is 136 cm³/mol. The molecule has 0 unspecified atom stereocenters. The minimum absolute atomic E-state index is 0.0371. The lowest BCUT2D eigenvalue weighted by Gasteiger charge is -2.27. The first-order valence-corrected chi connectivity index (χ1v) is 11.8. The molecule has 1 fully saturated rings. The summed E-state index contributed by atoms with van der Waals surface area (Å²) in [6, 6.07) is 13.2. The first-order chi connectivity index (χ1) is 16.0. The number of halogens is 3. The van der Waals surface area contributed by atoms with Gasteiger partial charge in [-0.05, 0) is 89.5 Å². The third-order valence-electron chi connectivity index (χ3n) is 5.57. The van der Waals surface area contributed by atoms with Crippen molar-refractivity contribution in [3.8, 4) is 0 Å². The van der Waals surface area contributed by atoms with E-state index in [2.05, 4.69) is 43.2 Å². The minimum atomic E-state index is -0.409. The summed E-state index contributed by atoms with van der Waals surface area (Å²) < 4.78 is 16.6. The monoisotopic (exact) mass is 576 g/mol. The molecule has 0 saturated carbocycles. The van der Waals surface area contributed by atoms with Gasteiger partial charge in [-0.25, -0.2) is 18.7 Å². The molecule has 1 saturated heterocycles. The Morgan fingerprint density at radius 3 is 2.79 bits per heavy atom. The molecular formula is C23H19ClFIN6O. The lowest BCUT2D eigenvalue weighted by atomic mass is 10.0. The number of hydrogen-bond acceptors (Lipinski definition) is 4. The molecule has 7 nitrogen and oxygen atoms in total. The van der Waals surface area contributed by atoms with Crippen LogP contribution in [0.15, 0.2) is 60.9 Å². The lowest BCUT2D eigenvalue weighted by Crippen LogP contribution is -2.24. The van der Waals surface area contributed by atoms with E-state index in [1.54, 1.807) is 47.1 Å². The number of rotatable bonds is 4. The van der Waals surface area contributed by atoms with Gasteiger partial charge in [0.25, 0.3) is 0 Å². The summed E-state index contributed by atoms with van der Waals surface area (Å²) in [4.78, 5) is 19.5. The Labute approximate surface area is 208 Å². The standard InChI is InChI=1S/C23H19ClFIN6O/c24-14-3-6-16(7-4-14)28-23(33)29-19-13-27-32-11-9-21(30-22(19)32)31-10-1-2-20(31)17-12-15(25)5-8-18(17)26/h3-9,11-13,20H,1-2,10H2,(H2,28,29,33)/t20-/m1/s1. The normalized spacial score (nSPS) is 15.7. The molecule has 3 heterocycles. The van der Waals surface area contributed by atoms with Gasteiger partial charge in [-0.15, -0.1) is 0 Å². The SMILES string of the molecule is O=C(Nc1ccc(Cl)cc1)Nc1cnn2ccc(N3CCC[C@@H]3c3cc(F)ccc3I)nc12. The first kappa shape index (κ1) is 21.9. The molecular weight excluding hydrogens is 558 g/mol. The predicted octanol–water partition coefficient (Wildman–Crippen LogP) is 6.11. The van der Waals surface area contributed by atoms with E-state index in [1.165, 1.54) is 6.07 Å². The molecule has 2 aromatic heterocycles. The van der Waals surface area contributed by atoms with Gasteiger partial charge in [0.05, 0.1) is 12.2 Å². The molecule has 1 aliphatic heterocycles. The van der Waals surface area contributed by atoms with Crippen LogP contribution in [0.4, 0.5) is 26.4 Å². The number of anilines is 3. The van der Waals surface area contributed by atoms with Crippen LogP contribution in [0.25, 0.3) is 5.65 Å². The quantitative estimate of drug-likeness (QED) is 0.288. The number of aromatic nitrogens is 3. The second-order valence-corrected chi connectivity index (χ2v) is 9.31. The summed E-state index contributed by atoms with van der Waals surface area (Å²) in [5.41, 5.74) is 2.59. The molecule has 0 radical (unpaired) electrons. The highest BCUT2D eigenvalue weighted by molar-refractivity contribution is 14.1. The van der Waals surface area contributed by atoms with E-state index in [9.17, 15) is 9.18 Å². The number of benzene rings is 2. The van der Waals surface area contributed by atoms with Gasteiger partial charge in [-0.3, -0.25) is 0 Å².